The van der Waals surface area contributed by atoms with Gasteiger partial charge in [-0.25, -0.2) is 9.97 Å². The van der Waals surface area contributed by atoms with E-state index in [1.165, 1.54) is 56.6 Å². The standard InChI is InChI=1S/C26H28ClN6O4P.C18H16ClFN5O3P.C9H14O.CH2O3.2K.H/c1-38(2,37)23-6-4-3-5-20(23)30-24-19(27)14-28-25(31-24)29-17-7-8-21(22(13-17)33(35)36)32-15-26(16-32)11-9-18(34)10-12-26;1-29(2,28)16-6-4-3-5-14(16)23-17-12(19)10-21-18(24-17)22-11-7-8-13(20)15(9-11)25(26)27;10-8-2-6-9(7-3-8)4-1-5-9;2-1-4-3;;;/h3-8,13-14H,9-12,15-16H2,1-2H3,(H2,28,29,30,31);3-10H,1-2H3,(H2,21,22,23,24);1-7H2;1,3H;;;/q;;;;2*+1;-1/p-1. The van der Waals surface area contributed by atoms with Gasteiger partial charge in [-0.15, -0.1) is 0 Å². The van der Waals surface area contributed by atoms with Crippen LogP contribution < -0.4 is 145 Å². The Bertz CT molecular complexity index is 3430. The van der Waals surface area contributed by atoms with E-state index in [9.17, 15) is 43.3 Å². The summed E-state index contributed by atoms with van der Waals surface area (Å²) in [5, 5.41) is 45.0. The van der Waals surface area contributed by atoms with E-state index in [1.54, 1.807) is 75.2 Å². The maximum atomic E-state index is 13.5. The summed E-state index contributed by atoms with van der Waals surface area (Å²) in [6.45, 7) is 7.94. The summed E-state index contributed by atoms with van der Waals surface area (Å²) >= 11 is 12.5. The van der Waals surface area contributed by atoms with Gasteiger partial charge in [-0.05, 0) is 119 Å². The molecule has 10 rings (SSSR count). The minimum atomic E-state index is -2.56. The first-order valence-corrected chi connectivity index (χ1v) is 31.5. The molecule has 430 valence electrons. The zero-order chi connectivity index (χ0) is 58.7. The molecule has 3 saturated carbocycles. The fraction of sp³-hybridized carbons (Fsp3) is 0.352. The van der Waals surface area contributed by atoms with E-state index < -0.39 is 35.6 Å². The van der Waals surface area contributed by atoms with Gasteiger partial charge in [0, 0.05) is 78.3 Å². The summed E-state index contributed by atoms with van der Waals surface area (Å²) in [7, 11) is -5.12. The maximum absolute atomic E-state index is 13.5. The zero-order valence-corrected chi connectivity index (χ0v) is 56.2. The molecule has 83 heavy (non-hydrogen) atoms. The predicted molar refractivity (Wildman–Crippen MR) is 311 cm³/mol. The summed E-state index contributed by atoms with van der Waals surface area (Å²) in [4.78, 5) is 74.3. The van der Waals surface area contributed by atoms with E-state index in [-0.39, 0.29) is 155 Å². The van der Waals surface area contributed by atoms with Crippen LogP contribution in [-0.2, 0) is 28.4 Å². The fourth-order valence-electron chi connectivity index (χ4n) is 9.93. The average molecular weight is 1270 g/mol. The molecule has 0 unspecified atom stereocenters. The molecule has 0 atom stereocenters. The number of nitrogens with one attached hydrogen (secondary N) is 4. The Morgan fingerprint density at radius 1 is 0.651 bits per heavy atom. The molecule has 3 heterocycles. The van der Waals surface area contributed by atoms with E-state index in [2.05, 4.69) is 46.1 Å². The monoisotopic (exact) mass is 1270 g/mol. The molecule has 1 aliphatic heterocycles. The number of aromatic nitrogens is 4. The number of para-hydroxylation sites is 2. The smallest absolute Gasteiger partial charge is 1.00 e. The van der Waals surface area contributed by atoms with Gasteiger partial charge < -0.3 is 46.9 Å². The molecule has 2 aromatic heterocycles. The molecule has 4 N–H and O–H groups in total. The molecular formula is C54H60Cl2FK2N11O11P2. The number of nitro benzene ring substituents is 2. The van der Waals surface area contributed by atoms with Gasteiger partial charge in [-0.3, -0.25) is 34.6 Å². The number of nitrogens with zero attached hydrogens (tertiary/aromatic N) is 7. The molecule has 4 fully saturated rings. The van der Waals surface area contributed by atoms with Crippen LogP contribution >= 0.6 is 37.5 Å². The van der Waals surface area contributed by atoms with Gasteiger partial charge in [0.2, 0.25) is 17.7 Å². The van der Waals surface area contributed by atoms with Crippen molar-refractivity contribution < 1.29 is 152 Å². The second kappa shape index (κ2) is 31.0. The molecule has 3 aliphatic carbocycles. The molecule has 4 aliphatic rings. The summed E-state index contributed by atoms with van der Waals surface area (Å²) in [5.41, 5.74) is 2.53. The largest absolute Gasteiger partial charge is 1.00 e. The molecule has 29 heteroatoms. The van der Waals surface area contributed by atoms with Crippen molar-refractivity contribution in [3.05, 3.63) is 133 Å². The second-order valence-electron chi connectivity index (χ2n) is 20.9. The van der Waals surface area contributed by atoms with Crippen molar-refractivity contribution >= 4 is 129 Å². The van der Waals surface area contributed by atoms with Crippen molar-refractivity contribution in [2.45, 2.75) is 70.6 Å². The zero-order valence-electron chi connectivity index (χ0n) is 47.7. The van der Waals surface area contributed by atoms with Crippen LogP contribution in [0.4, 0.5) is 67.7 Å². The number of hydrogen-bond acceptors (Lipinski definition) is 20. The number of hydrogen-bond donors (Lipinski definition) is 4. The van der Waals surface area contributed by atoms with E-state index in [0.717, 1.165) is 37.8 Å². The molecule has 0 radical (unpaired) electrons. The Morgan fingerprint density at radius 3 is 1.46 bits per heavy atom. The fourth-order valence-corrected chi connectivity index (χ4v) is 12.5. The number of halogens is 3. The molecular weight excluding hydrogens is 1210 g/mol. The molecule has 0 bridgehead atoms. The van der Waals surface area contributed by atoms with Crippen LogP contribution in [0.2, 0.25) is 10.0 Å². The molecule has 0 amide bonds. The minimum Gasteiger partial charge on any atom is -1.00 e. The van der Waals surface area contributed by atoms with Crippen LogP contribution in [0.5, 0.6) is 0 Å². The molecule has 22 nitrogen and oxygen atoms in total. The van der Waals surface area contributed by atoms with Gasteiger partial charge in [0.15, 0.2) is 11.6 Å². The SMILES string of the molecule is CP(C)(=O)c1ccccc1Nc1nc(Nc2ccc(F)c([N+](=O)[O-])c2)ncc1Cl.CP(C)(=O)c1ccccc1Nc1nc(Nc2ccc(N3CC4(CCC(=O)CC4)C3)c([N+](=O)[O-])c2)ncc1Cl.O=C1CCC2(CCC2)CC1.O=CO[O-].[H-].[K+].[K+]. The Labute approximate surface area is 575 Å². The van der Waals surface area contributed by atoms with Gasteiger partial charge in [-0.2, -0.15) is 14.4 Å². The van der Waals surface area contributed by atoms with Crippen molar-refractivity contribution in [1.29, 1.82) is 0 Å². The Morgan fingerprint density at radius 2 is 1.06 bits per heavy atom. The van der Waals surface area contributed by atoms with E-state index in [0.29, 0.717) is 82.1 Å². The number of nitro groups is 2. The van der Waals surface area contributed by atoms with Crippen molar-refractivity contribution in [2.24, 2.45) is 10.8 Å². The van der Waals surface area contributed by atoms with Gasteiger partial charge >= 0.3 is 108 Å². The van der Waals surface area contributed by atoms with Gasteiger partial charge in [0.1, 0.15) is 41.6 Å². The number of benzene rings is 4. The number of ketones is 2. The number of carbonyl (C=O) groups is 3. The van der Waals surface area contributed by atoms with Crippen molar-refractivity contribution in [3.8, 4) is 0 Å². The van der Waals surface area contributed by atoms with Crippen LogP contribution in [0, 0.1) is 36.9 Å². The molecule has 4 aromatic carbocycles. The first-order valence-electron chi connectivity index (χ1n) is 25.6. The van der Waals surface area contributed by atoms with Crippen LogP contribution in [-0.4, -0.2) is 87.6 Å². The Balaban J connectivity index is 0.000000289. The average Bonchev–Trinajstić information content (AvgIpc) is 3.34. The molecule has 2 spiro atoms. The third kappa shape index (κ3) is 19.2. The number of Topliss-reactive ketones (excluding diaryl/α,β-unsaturated/α-hetero) is 2. The van der Waals surface area contributed by atoms with Crippen molar-refractivity contribution in [2.75, 3.05) is 65.9 Å². The third-order valence-electron chi connectivity index (χ3n) is 14.4. The summed E-state index contributed by atoms with van der Waals surface area (Å²) < 4.78 is 38.8. The first-order chi connectivity index (χ1) is 38.4. The van der Waals surface area contributed by atoms with Crippen LogP contribution in [0.15, 0.2) is 97.3 Å². The summed E-state index contributed by atoms with van der Waals surface area (Å²) in [6.07, 6.45) is 14.0. The molecule has 6 aromatic rings. The summed E-state index contributed by atoms with van der Waals surface area (Å²) in [6, 6.07) is 22.6. The number of rotatable bonds is 14. The van der Waals surface area contributed by atoms with Crippen LogP contribution in [0.1, 0.15) is 72.1 Å². The van der Waals surface area contributed by atoms with Crippen LogP contribution in [0.25, 0.3) is 0 Å². The van der Waals surface area contributed by atoms with Crippen molar-refractivity contribution in [1.82, 2.24) is 19.9 Å². The first kappa shape index (κ1) is 69.6. The summed E-state index contributed by atoms with van der Waals surface area (Å²) in [5.74, 6) is 0.708. The Kier molecular flexibility index (Phi) is 26.0. The van der Waals surface area contributed by atoms with Crippen LogP contribution in [0.3, 0.4) is 0 Å². The number of carbonyl (C=O) groups excluding carboxylic acids is 3. The van der Waals surface area contributed by atoms with E-state index in [1.807, 2.05) is 17.0 Å². The maximum Gasteiger partial charge on any atom is 1.00 e. The van der Waals surface area contributed by atoms with Gasteiger partial charge in [0.05, 0.1) is 33.6 Å². The third-order valence-corrected chi connectivity index (χ3v) is 18.0. The second-order valence-corrected chi connectivity index (χ2v) is 28.1. The van der Waals surface area contributed by atoms with Gasteiger partial charge in [-0.1, -0.05) is 53.9 Å². The molecule has 1 saturated heterocycles. The predicted octanol–water partition coefficient (Wildman–Crippen LogP) is 5.49. The minimum absolute atomic E-state index is 0. The normalized spacial score (nSPS) is 15.4. The quantitative estimate of drug-likeness (QED) is 0.0262. The number of anilines is 9. The Hall–Kier alpha value is -4.15. The van der Waals surface area contributed by atoms with E-state index >= 15 is 0 Å². The van der Waals surface area contributed by atoms with Gasteiger partial charge in [0.25, 0.3) is 12.2 Å². The topological polar surface area (TPSA) is 307 Å². The van der Waals surface area contributed by atoms with Crippen molar-refractivity contribution in [3.63, 3.8) is 0 Å². The van der Waals surface area contributed by atoms with E-state index in [4.69, 9.17) is 33.3 Å².